The molecular formula is C16H23NO2. The number of nitrogens with zero attached hydrogens (tertiary/aromatic N) is 1. The van der Waals surface area contributed by atoms with Gasteiger partial charge in [0, 0.05) is 17.7 Å². The molecular weight excluding hydrogens is 238 g/mol. The van der Waals surface area contributed by atoms with Crippen LogP contribution >= 0.6 is 0 Å². The van der Waals surface area contributed by atoms with Gasteiger partial charge in [-0.2, -0.15) is 0 Å². The minimum atomic E-state index is -0.501. The Morgan fingerprint density at radius 2 is 1.74 bits per heavy atom. The van der Waals surface area contributed by atoms with E-state index in [0.717, 1.165) is 5.56 Å². The third-order valence-corrected chi connectivity index (χ3v) is 2.90. The summed E-state index contributed by atoms with van der Waals surface area (Å²) in [6, 6.07) is 3.66. The largest absolute Gasteiger partial charge is 0.506 e. The van der Waals surface area contributed by atoms with Crippen LogP contribution in [0.1, 0.15) is 52.8 Å². The number of hydrogen-bond donors (Lipinski definition) is 1. The topological polar surface area (TPSA) is 50.2 Å². The van der Waals surface area contributed by atoms with Crippen LogP contribution in [-0.2, 0) is 10.2 Å². The Balaban J connectivity index is 2.99. The summed E-state index contributed by atoms with van der Waals surface area (Å²) in [5.41, 5.74) is 1.03. The molecule has 3 nitrogen and oxygen atoms in total. The molecule has 19 heavy (non-hydrogen) atoms. The maximum absolute atomic E-state index is 11.8. The van der Waals surface area contributed by atoms with Crippen LogP contribution in [-0.4, -0.2) is 15.9 Å². The van der Waals surface area contributed by atoms with Gasteiger partial charge in [-0.05, 0) is 17.0 Å². The molecule has 0 saturated heterocycles. The van der Waals surface area contributed by atoms with Crippen LogP contribution in [0.3, 0.4) is 0 Å². The van der Waals surface area contributed by atoms with Crippen molar-refractivity contribution in [1.29, 1.82) is 0 Å². The Morgan fingerprint density at radius 3 is 2.11 bits per heavy atom. The predicted molar refractivity (Wildman–Crippen MR) is 78.0 cm³/mol. The lowest BCUT2D eigenvalue weighted by Gasteiger charge is -2.18. The highest BCUT2D eigenvalue weighted by atomic mass is 16.3. The molecule has 1 aromatic heterocycles. The number of aliphatic hydroxyl groups is 1. The summed E-state index contributed by atoms with van der Waals surface area (Å²) >= 11 is 0. The fourth-order valence-electron chi connectivity index (χ4n) is 1.40. The fourth-order valence-corrected chi connectivity index (χ4v) is 1.40. The highest BCUT2D eigenvalue weighted by molar-refractivity contribution is 5.98. The Kier molecular flexibility index (Phi) is 4.18. The minimum Gasteiger partial charge on any atom is -0.506 e. The number of hydrogen-bond acceptors (Lipinski definition) is 3. The molecule has 0 saturated carbocycles. The predicted octanol–water partition coefficient (Wildman–Crippen LogP) is 3.89. The molecule has 0 aromatic carbocycles. The van der Waals surface area contributed by atoms with Crippen molar-refractivity contribution in [2.24, 2.45) is 5.41 Å². The second-order valence-corrected chi connectivity index (χ2v) is 6.83. The van der Waals surface area contributed by atoms with Gasteiger partial charge in [-0.25, -0.2) is 0 Å². The maximum atomic E-state index is 11.8. The maximum Gasteiger partial charge on any atom is 0.164 e. The molecule has 0 bridgehead atoms. The van der Waals surface area contributed by atoms with E-state index in [4.69, 9.17) is 0 Å². The summed E-state index contributed by atoms with van der Waals surface area (Å²) in [5.74, 6) is -0.202. The first-order valence-electron chi connectivity index (χ1n) is 6.44. The van der Waals surface area contributed by atoms with E-state index in [0.29, 0.717) is 5.69 Å². The molecule has 1 aromatic rings. The second kappa shape index (κ2) is 5.16. The van der Waals surface area contributed by atoms with Crippen molar-refractivity contribution in [3.05, 3.63) is 35.7 Å². The molecule has 0 aliphatic rings. The first kappa shape index (κ1) is 15.4. The number of aliphatic hydroxyl groups excluding tert-OH is 1. The molecule has 0 fully saturated rings. The highest BCUT2D eigenvalue weighted by Gasteiger charge is 2.20. The molecule has 1 rings (SSSR count). The standard InChI is InChI=1S/C16H23NO2/c1-15(2,3)11-7-8-12(17-10-11)13(18)9-14(19)16(4,5)6/h7-10,18H,1-6H3. The molecule has 0 spiro atoms. The molecule has 0 atom stereocenters. The minimum absolute atomic E-state index is 0.0199. The van der Waals surface area contributed by atoms with Gasteiger partial charge >= 0.3 is 0 Å². The second-order valence-electron chi connectivity index (χ2n) is 6.83. The summed E-state index contributed by atoms with van der Waals surface area (Å²) in [6.45, 7) is 11.7. The molecule has 0 amide bonds. The van der Waals surface area contributed by atoms with Crippen molar-refractivity contribution in [2.45, 2.75) is 47.0 Å². The van der Waals surface area contributed by atoms with Crippen molar-refractivity contribution in [2.75, 3.05) is 0 Å². The van der Waals surface area contributed by atoms with Gasteiger partial charge in [0.15, 0.2) is 5.78 Å². The van der Waals surface area contributed by atoms with Crippen LogP contribution in [0.25, 0.3) is 5.76 Å². The van der Waals surface area contributed by atoms with E-state index < -0.39 is 5.41 Å². The van der Waals surface area contributed by atoms with Crippen LogP contribution < -0.4 is 0 Å². The van der Waals surface area contributed by atoms with Crippen LogP contribution in [0.15, 0.2) is 24.4 Å². The van der Waals surface area contributed by atoms with Crippen LogP contribution in [0.5, 0.6) is 0 Å². The highest BCUT2D eigenvalue weighted by Crippen LogP contribution is 2.23. The fraction of sp³-hybridized carbons (Fsp3) is 0.500. The summed E-state index contributed by atoms with van der Waals surface area (Å²) < 4.78 is 0. The molecule has 0 aliphatic heterocycles. The summed E-state index contributed by atoms with van der Waals surface area (Å²) in [5, 5.41) is 9.93. The molecule has 1 heterocycles. The molecule has 1 N–H and O–H groups in total. The smallest absolute Gasteiger partial charge is 0.164 e. The number of allylic oxidation sites excluding steroid dienone is 1. The first-order chi connectivity index (χ1) is 8.51. The molecule has 0 unspecified atom stereocenters. The van der Waals surface area contributed by atoms with E-state index in [9.17, 15) is 9.90 Å². The molecule has 0 aliphatic carbocycles. The van der Waals surface area contributed by atoms with Crippen molar-refractivity contribution >= 4 is 11.5 Å². The van der Waals surface area contributed by atoms with E-state index in [1.54, 1.807) is 12.3 Å². The van der Waals surface area contributed by atoms with E-state index in [2.05, 4.69) is 25.8 Å². The zero-order valence-electron chi connectivity index (χ0n) is 12.6. The van der Waals surface area contributed by atoms with E-state index in [1.165, 1.54) is 6.08 Å². The Labute approximate surface area is 115 Å². The van der Waals surface area contributed by atoms with Crippen molar-refractivity contribution < 1.29 is 9.90 Å². The van der Waals surface area contributed by atoms with Gasteiger partial charge in [-0.3, -0.25) is 9.78 Å². The summed E-state index contributed by atoms with van der Waals surface area (Å²) in [6.07, 6.45) is 2.99. The van der Waals surface area contributed by atoms with Gasteiger partial charge in [-0.15, -0.1) is 0 Å². The van der Waals surface area contributed by atoms with Gasteiger partial charge in [0.2, 0.25) is 0 Å². The van der Waals surface area contributed by atoms with Crippen LogP contribution in [0.2, 0.25) is 0 Å². The molecule has 0 radical (unpaired) electrons. The number of aromatic nitrogens is 1. The number of carbonyl (C=O) groups excluding carboxylic acids is 1. The van der Waals surface area contributed by atoms with E-state index in [-0.39, 0.29) is 17.0 Å². The average Bonchev–Trinajstić information content (AvgIpc) is 2.26. The number of ketones is 1. The van der Waals surface area contributed by atoms with E-state index >= 15 is 0 Å². The van der Waals surface area contributed by atoms with Crippen molar-refractivity contribution in [1.82, 2.24) is 4.98 Å². The van der Waals surface area contributed by atoms with Gasteiger partial charge < -0.3 is 5.11 Å². The van der Waals surface area contributed by atoms with Crippen molar-refractivity contribution in [3.8, 4) is 0 Å². The Hall–Kier alpha value is -1.64. The van der Waals surface area contributed by atoms with Gasteiger partial charge in [0.1, 0.15) is 11.5 Å². The van der Waals surface area contributed by atoms with Gasteiger partial charge in [0.25, 0.3) is 0 Å². The Bertz CT molecular complexity index is 485. The zero-order chi connectivity index (χ0) is 14.8. The third kappa shape index (κ3) is 4.19. The van der Waals surface area contributed by atoms with E-state index in [1.807, 2.05) is 26.8 Å². The molecule has 3 heteroatoms. The zero-order valence-corrected chi connectivity index (χ0v) is 12.6. The number of carbonyl (C=O) groups is 1. The lowest BCUT2D eigenvalue weighted by molar-refractivity contribution is -0.121. The summed E-state index contributed by atoms with van der Waals surface area (Å²) in [7, 11) is 0. The van der Waals surface area contributed by atoms with Crippen molar-refractivity contribution in [3.63, 3.8) is 0 Å². The van der Waals surface area contributed by atoms with Gasteiger partial charge in [0.05, 0.1) is 0 Å². The normalized spacial score (nSPS) is 13.5. The number of pyridine rings is 1. The first-order valence-corrected chi connectivity index (χ1v) is 6.44. The molecule has 104 valence electrons. The van der Waals surface area contributed by atoms with Crippen LogP contribution in [0.4, 0.5) is 0 Å². The number of rotatable bonds is 2. The quantitative estimate of drug-likeness (QED) is 0.649. The third-order valence-electron chi connectivity index (χ3n) is 2.90. The summed E-state index contributed by atoms with van der Waals surface area (Å²) in [4.78, 5) is 16.0. The lowest BCUT2D eigenvalue weighted by Crippen LogP contribution is -2.18. The Morgan fingerprint density at radius 1 is 1.16 bits per heavy atom. The van der Waals surface area contributed by atoms with Gasteiger partial charge in [-0.1, -0.05) is 47.6 Å². The van der Waals surface area contributed by atoms with Crippen LogP contribution in [0, 0.1) is 5.41 Å². The SMILES string of the molecule is CC(C)(C)C(=O)C=C(O)c1ccc(C(C)(C)C)cn1. The monoisotopic (exact) mass is 261 g/mol. The average molecular weight is 261 g/mol. The lowest BCUT2D eigenvalue weighted by atomic mass is 9.88.